The topological polar surface area (TPSA) is 48.5 Å². The highest BCUT2D eigenvalue weighted by atomic mass is 16.1. The largest absolute Gasteiger partial charge is 0.358 e. The van der Waals surface area contributed by atoms with Gasteiger partial charge in [-0.05, 0) is 6.07 Å². The fourth-order valence-electron chi connectivity index (χ4n) is 1.39. The molecule has 1 aliphatic heterocycles. The van der Waals surface area contributed by atoms with Crippen LogP contribution in [0.15, 0.2) is 28.1 Å². The molecule has 0 spiro atoms. The van der Waals surface area contributed by atoms with Gasteiger partial charge >= 0.3 is 0 Å². The standard InChI is InChI=1S/C9H11N3O/c1-12-5-4-10-9(12)7-2-3-8(13)11-6-7/h2-3,6H,4-5H2,1H3,(H,11,13). The molecular weight excluding hydrogens is 166 g/mol. The Balaban J connectivity index is 2.36. The lowest BCUT2D eigenvalue weighted by Crippen LogP contribution is -2.24. The first-order chi connectivity index (χ1) is 6.27. The monoisotopic (exact) mass is 177 g/mol. The van der Waals surface area contributed by atoms with Crippen LogP contribution in [0, 0.1) is 0 Å². The molecule has 68 valence electrons. The lowest BCUT2D eigenvalue weighted by Gasteiger charge is -2.12. The first-order valence-corrected chi connectivity index (χ1v) is 4.22. The molecule has 0 bridgehead atoms. The van der Waals surface area contributed by atoms with Crippen LogP contribution in [0.25, 0.3) is 0 Å². The summed E-state index contributed by atoms with van der Waals surface area (Å²) in [5, 5.41) is 0. The van der Waals surface area contributed by atoms with Crippen molar-refractivity contribution in [3.8, 4) is 0 Å². The summed E-state index contributed by atoms with van der Waals surface area (Å²) in [4.78, 5) is 19.9. The van der Waals surface area contributed by atoms with Crippen LogP contribution in [-0.2, 0) is 0 Å². The van der Waals surface area contributed by atoms with Gasteiger partial charge in [-0.15, -0.1) is 0 Å². The van der Waals surface area contributed by atoms with Crippen molar-refractivity contribution < 1.29 is 0 Å². The van der Waals surface area contributed by atoms with Gasteiger partial charge in [0, 0.05) is 31.4 Å². The third-order valence-electron chi connectivity index (χ3n) is 2.10. The lowest BCUT2D eigenvalue weighted by molar-refractivity contribution is 0.556. The van der Waals surface area contributed by atoms with Gasteiger partial charge in [-0.2, -0.15) is 0 Å². The van der Waals surface area contributed by atoms with Crippen molar-refractivity contribution in [3.05, 3.63) is 34.2 Å². The molecule has 0 radical (unpaired) electrons. The number of likely N-dealkylation sites (N-methyl/N-ethyl adjacent to an activating group) is 1. The Labute approximate surface area is 75.9 Å². The molecule has 0 aromatic carbocycles. The number of aromatic amines is 1. The minimum Gasteiger partial charge on any atom is -0.358 e. The molecule has 1 aromatic rings. The van der Waals surface area contributed by atoms with Gasteiger partial charge in [0.05, 0.1) is 6.54 Å². The summed E-state index contributed by atoms with van der Waals surface area (Å²) in [5.41, 5.74) is 0.893. The fourth-order valence-corrected chi connectivity index (χ4v) is 1.39. The number of nitrogens with one attached hydrogen (secondary N) is 1. The van der Waals surface area contributed by atoms with Crippen LogP contribution < -0.4 is 5.56 Å². The Morgan fingerprint density at radius 1 is 1.54 bits per heavy atom. The van der Waals surface area contributed by atoms with E-state index in [9.17, 15) is 4.79 Å². The SMILES string of the molecule is CN1CCN=C1c1ccc(=O)[nH]c1. The molecule has 0 unspecified atom stereocenters. The van der Waals surface area contributed by atoms with E-state index >= 15 is 0 Å². The normalized spacial score (nSPS) is 16.1. The summed E-state index contributed by atoms with van der Waals surface area (Å²) >= 11 is 0. The molecule has 2 rings (SSSR count). The molecule has 0 saturated carbocycles. The van der Waals surface area contributed by atoms with Crippen molar-refractivity contribution >= 4 is 5.84 Å². The van der Waals surface area contributed by atoms with E-state index in [-0.39, 0.29) is 5.56 Å². The molecule has 1 aliphatic rings. The summed E-state index contributed by atoms with van der Waals surface area (Å²) < 4.78 is 0. The van der Waals surface area contributed by atoms with Crippen LogP contribution in [0.2, 0.25) is 0 Å². The molecule has 2 heterocycles. The molecular formula is C9H11N3O. The number of aliphatic imine (C=N–C) groups is 1. The van der Waals surface area contributed by atoms with E-state index in [1.54, 1.807) is 12.3 Å². The number of nitrogens with zero attached hydrogens (tertiary/aromatic N) is 2. The van der Waals surface area contributed by atoms with E-state index in [0.717, 1.165) is 24.5 Å². The molecule has 1 N–H and O–H groups in total. The second kappa shape index (κ2) is 3.05. The summed E-state index contributed by atoms with van der Waals surface area (Å²) in [6, 6.07) is 3.31. The molecule has 4 heteroatoms. The van der Waals surface area contributed by atoms with Crippen molar-refractivity contribution in [1.82, 2.24) is 9.88 Å². The van der Waals surface area contributed by atoms with Gasteiger partial charge in [0.25, 0.3) is 0 Å². The second-order valence-electron chi connectivity index (χ2n) is 3.07. The van der Waals surface area contributed by atoms with Crippen molar-refractivity contribution in [2.75, 3.05) is 20.1 Å². The number of rotatable bonds is 1. The minimum atomic E-state index is -0.0787. The van der Waals surface area contributed by atoms with Crippen molar-refractivity contribution in [2.45, 2.75) is 0 Å². The molecule has 0 saturated heterocycles. The predicted octanol–water partition coefficient (Wildman–Crippen LogP) is 0.0669. The molecule has 0 fully saturated rings. The van der Waals surface area contributed by atoms with Crippen molar-refractivity contribution in [2.24, 2.45) is 4.99 Å². The Morgan fingerprint density at radius 2 is 2.38 bits per heavy atom. The first kappa shape index (κ1) is 8.04. The molecule has 0 aliphatic carbocycles. The number of aromatic nitrogens is 1. The van der Waals surface area contributed by atoms with E-state index in [2.05, 4.69) is 14.9 Å². The van der Waals surface area contributed by atoms with Gasteiger partial charge in [0.2, 0.25) is 5.56 Å². The number of H-pyrrole nitrogens is 1. The smallest absolute Gasteiger partial charge is 0.247 e. The highest BCUT2D eigenvalue weighted by Crippen LogP contribution is 2.06. The quantitative estimate of drug-likeness (QED) is 0.659. The van der Waals surface area contributed by atoms with E-state index in [1.165, 1.54) is 6.07 Å². The average Bonchev–Trinajstić information content (AvgIpc) is 2.53. The second-order valence-corrected chi connectivity index (χ2v) is 3.07. The highest BCUT2D eigenvalue weighted by molar-refractivity contribution is 5.99. The zero-order valence-electron chi connectivity index (χ0n) is 7.45. The van der Waals surface area contributed by atoms with Crippen LogP contribution in [0.3, 0.4) is 0 Å². The van der Waals surface area contributed by atoms with E-state index in [1.807, 2.05) is 7.05 Å². The minimum absolute atomic E-state index is 0.0787. The Morgan fingerprint density at radius 3 is 2.92 bits per heavy atom. The molecule has 0 atom stereocenters. The highest BCUT2D eigenvalue weighted by Gasteiger charge is 2.13. The zero-order valence-corrected chi connectivity index (χ0v) is 7.45. The lowest BCUT2D eigenvalue weighted by atomic mass is 10.2. The van der Waals surface area contributed by atoms with Crippen LogP contribution in [0.4, 0.5) is 0 Å². The maximum absolute atomic E-state index is 10.8. The van der Waals surface area contributed by atoms with Gasteiger partial charge in [-0.3, -0.25) is 9.79 Å². The molecule has 1 aromatic heterocycles. The Bertz CT molecular complexity index is 374. The number of pyridine rings is 1. The predicted molar refractivity (Wildman–Crippen MR) is 51.1 cm³/mol. The summed E-state index contributed by atoms with van der Waals surface area (Å²) in [5.74, 6) is 0.955. The molecule has 13 heavy (non-hydrogen) atoms. The first-order valence-electron chi connectivity index (χ1n) is 4.22. The third-order valence-corrected chi connectivity index (χ3v) is 2.10. The maximum Gasteiger partial charge on any atom is 0.247 e. The Hall–Kier alpha value is -1.58. The van der Waals surface area contributed by atoms with Crippen molar-refractivity contribution in [3.63, 3.8) is 0 Å². The number of amidine groups is 1. The van der Waals surface area contributed by atoms with Crippen LogP contribution >= 0.6 is 0 Å². The van der Waals surface area contributed by atoms with E-state index in [0.29, 0.717) is 0 Å². The fraction of sp³-hybridized carbons (Fsp3) is 0.333. The summed E-state index contributed by atoms with van der Waals surface area (Å²) in [6.07, 6.45) is 1.70. The van der Waals surface area contributed by atoms with Gasteiger partial charge in [0.1, 0.15) is 5.84 Å². The van der Waals surface area contributed by atoms with Crippen molar-refractivity contribution in [1.29, 1.82) is 0 Å². The van der Waals surface area contributed by atoms with Gasteiger partial charge in [0.15, 0.2) is 0 Å². The number of hydrogen-bond donors (Lipinski definition) is 1. The van der Waals surface area contributed by atoms with E-state index < -0.39 is 0 Å². The molecule has 4 nitrogen and oxygen atoms in total. The zero-order chi connectivity index (χ0) is 9.26. The van der Waals surface area contributed by atoms with Gasteiger partial charge < -0.3 is 9.88 Å². The van der Waals surface area contributed by atoms with Gasteiger partial charge in [-0.25, -0.2) is 0 Å². The summed E-state index contributed by atoms with van der Waals surface area (Å²) in [6.45, 7) is 1.79. The maximum atomic E-state index is 10.8. The summed E-state index contributed by atoms with van der Waals surface area (Å²) in [7, 11) is 2.00. The average molecular weight is 177 g/mol. The van der Waals surface area contributed by atoms with Gasteiger partial charge in [-0.1, -0.05) is 0 Å². The Kier molecular flexibility index (Phi) is 1.88. The van der Waals surface area contributed by atoms with Crippen LogP contribution in [0.1, 0.15) is 5.56 Å². The van der Waals surface area contributed by atoms with Crippen LogP contribution in [-0.4, -0.2) is 35.9 Å². The molecule has 0 amide bonds. The van der Waals surface area contributed by atoms with E-state index in [4.69, 9.17) is 0 Å². The van der Waals surface area contributed by atoms with Crippen LogP contribution in [0.5, 0.6) is 0 Å². The third kappa shape index (κ3) is 1.47. The number of hydrogen-bond acceptors (Lipinski definition) is 3.